The fourth-order valence-electron chi connectivity index (χ4n) is 3.66. The Labute approximate surface area is 153 Å². The van der Waals surface area contributed by atoms with Crippen molar-refractivity contribution in [2.45, 2.75) is 18.8 Å². The Bertz CT molecular complexity index is 1050. The number of fused-ring (bicyclic) bond motifs is 4. The third-order valence-corrected chi connectivity index (χ3v) is 4.67. The molecule has 2 aromatic rings. The fourth-order valence-corrected chi connectivity index (χ4v) is 3.66. The number of hydrogen-bond donors (Lipinski definition) is 3. The second kappa shape index (κ2) is 5.88. The van der Waals surface area contributed by atoms with Crippen LogP contribution < -0.4 is 15.8 Å². The maximum Gasteiger partial charge on any atom is 0.311 e. The van der Waals surface area contributed by atoms with Crippen LogP contribution in [0, 0.1) is 11.3 Å². The number of nitrogens with one attached hydrogen (secondary N) is 2. The number of amides is 1. The second-order valence-electron chi connectivity index (χ2n) is 6.07. The van der Waals surface area contributed by atoms with E-state index in [0.717, 1.165) is 0 Å². The van der Waals surface area contributed by atoms with Gasteiger partial charge in [0.1, 0.15) is 17.1 Å². The number of carbonyl (C=O) groups excluding carboxylic acids is 2. The van der Waals surface area contributed by atoms with E-state index in [2.05, 4.69) is 15.5 Å². The Balaban J connectivity index is 2.00. The zero-order chi connectivity index (χ0) is 19.2. The van der Waals surface area contributed by atoms with E-state index in [1.54, 1.807) is 31.2 Å². The van der Waals surface area contributed by atoms with Gasteiger partial charge in [0.25, 0.3) is 0 Å². The minimum atomic E-state index is -1.54. The van der Waals surface area contributed by atoms with E-state index in [4.69, 9.17) is 15.2 Å². The van der Waals surface area contributed by atoms with Crippen LogP contribution in [0.3, 0.4) is 0 Å². The summed E-state index contributed by atoms with van der Waals surface area (Å²) in [5.41, 5.74) is 6.08. The Morgan fingerprint density at radius 2 is 2.22 bits per heavy atom. The van der Waals surface area contributed by atoms with E-state index in [1.165, 1.54) is 0 Å². The predicted molar refractivity (Wildman–Crippen MR) is 92.2 cm³/mol. The fraction of sp³-hybridized carbons (Fsp3) is 0.222. The number of hydrogen-bond acceptors (Lipinski definition) is 7. The first kappa shape index (κ1) is 16.7. The van der Waals surface area contributed by atoms with Crippen molar-refractivity contribution in [2.75, 3.05) is 11.9 Å². The molecule has 1 unspecified atom stereocenters. The molecule has 0 fully saturated rings. The van der Waals surface area contributed by atoms with Gasteiger partial charge in [0.15, 0.2) is 0 Å². The van der Waals surface area contributed by atoms with E-state index in [9.17, 15) is 14.9 Å². The number of carbonyl (C=O) groups is 2. The molecule has 1 atom stereocenters. The molecule has 9 heteroatoms. The number of benzene rings is 1. The standard InChI is InChI=1S/C18H15N5O4/c1-2-26-13(24)7-12-14-16(23-22-12)27-15(20)10(8-19)18(14)9-5-3-4-6-11(9)21-17(18)25/h3-6H,2,7,20H2,1H3,(H,21,25)(H,22,23). The number of nitrogens with zero attached hydrogens (tertiary/aromatic N) is 2. The maximum atomic E-state index is 13.2. The molecule has 2 aliphatic rings. The van der Waals surface area contributed by atoms with Crippen molar-refractivity contribution in [2.24, 2.45) is 5.73 Å². The summed E-state index contributed by atoms with van der Waals surface area (Å²) in [6.07, 6.45) is -0.157. The molecule has 4 rings (SSSR count). The van der Waals surface area contributed by atoms with Gasteiger partial charge >= 0.3 is 5.97 Å². The van der Waals surface area contributed by atoms with Crippen LogP contribution in [-0.2, 0) is 26.2 Å². The number of anilines is 1. The second-order valence-corrected chi connectivity index (χ2v) is 6.07. The molecule has 0 bridgehead atoms. The van der Waals surface area contributed by atoms with Crippen LogP contribution >= 0.6 is 0 Å². The van der Waals surface area contributed by atoms with Gasteiger partial charge in [-0.3, -0.25) is 14.7 Å². The third-order valence-electron chi connectivity index (χ3n) is 4.67. The van der Waals surface area contributed by atoms with Crippen molar-refractivity contribution in [3.8, 4) is 11.9 Å². The Hall–Kier alpha value is -3.80. The van der Waals surface area contributed by atoms with Gasteiger partial charge in [-0.15, -0.1) is 5.10 Å². The number of aromatic amines is 1. The zero-order valence-corrected chi connectivity index (χ0v) is 14.3. The molecule has 136 valence electrons. The van der Waals surface area contributed by atoms with Gasteiger partial charge in [-0.2, -0.15) is 5.26 Å². The van der Waals surface area contributed by atoms with Gasteiger partial charge in [-0.05, 0) is 13.0 Å². The van der Waals surface area contributed by atoms with Gasteiger partial charge in [0.05, 0.1) is 24.3 Å². The van der Waals surface area contributed by atoms with Gasteiger partial charge in [0.2, 0.25) is 17.7 Å². The quantitative estimate of drug-likeness (QED) is 0.684. The molecule has 2 aliphatic heterocycles. The molecule has 0 aliphatic carbocycles. The van der Waals surface area contributed by atoms with Gasteiger partial charge in [-0.25, -0.2) is 0 Å². The summed E-state index contributed by atoms with van der Waals surface area (Å²) in [5.74, 6) is -1.10. The van der Waals surface area contributed by atoms with E-state index in [0.29, 0.717) is 22.5 Å². The number of H-pyrrole nitrogens is 1. The average molecular weight is 365 g/mol. The van der Waals surface area contributed by atoms with E-state index in [-0.39, 0.29) is 30.4 Å². The summed E-state index contributed by atoms with van der Waals surface area (Å²) in [5, 5.41) is 19.3. The summed E-state index contributed by atoms with van der Waals surface area (Å²) in [6.45, 7) is 1.92. The molecule has 1 aromatic heterocycles. The molecule has 0 radical (unpaired) electrons. The molecule has 27 heavy (non-hydrogen) atoms. The molecule has 1 spiro atoms. The van der Waals surface area contributed by atoms with Crippen molar-refractivity contribution in [3.63, 3.8) is 0 Å². The number of nitrogens with two attached hydrogens (primary N) is 1. The average Bonchev–Trinajstić information content (AvgIpc) is 3.15. The highest BCUT2D eigenvalue weighted by atomic mass is 16.5. The molecule has 3 heterocycles. The molecular weight excluding hydrogens is 350 g/mol. The minimum absolute atomic E-state index is 0.0519. The number of ether oxygens (including phenoxy) is 2. The Kier molecular flexibility index (Phi) is 3.63. The van der Waals surface area contributed by atoms with Crippen molar-refractivity contribution < 1.29 is 19.1 Å². The first-order chi connectivity index (χ1) is 13.0. The number of esters is 1. The minimum Gasteiger partial charge on any atom is -0.466 e. The van der Waals surface area contributed by atoms with Gasteiger partial charge in [-0.1, -0.05) is 18.2 Å². The molecule has 1 aromatic carbocycles. The zero-order valence-electron chi connectivity index (χ0n) is 14.3. The van der Waals surface area contributed by atoms with Crippen molar-refractivity contribution in [1.82, 2.24) is 10.2 Å². The first-order valence-corrected chi connectivity index (χ1v) is 8.26. The van der Waals surface area contributed by atoms with Crippen LogP contribution in [0.1, 0.15) is 23.7 Å². The summed E-state index contributed by atoms with van der Waals surface area (Å²) in [7, 11) is 0. The lowest BCUT2D eigenvalue weighted by Gasteiger charge is -2.31. The molecule has 0 saturated carbocycles. The summed E-state index contributed by atoms with van der Waals surface area (Å²) in [4.78, 5) is 25.2. The van der Waals surface area contributed by atoms with Crippen molar-refractivity contribution >= 4 is 17.6 Å². The number of nitriles is 1. The maximum absolute atomic E-state index is 13.2. The molecule has 9 nitrogen and oxygen atoms in total. The summed E-state index contributed by atoms with van der Waals surface area (Å²) in [6, 6.07) is 8.99. The summed E-state index contributed by atoms with van der Waals surface area (Å²) >= 11 is 0. The van der Waals surface area contributed by atoms with Crippen LogP contribution in [0.15, 0.2) is 35.7 Å². The predicted octanol–water partition coefficient (Wildman–Crippen LogP) is 0.840. The smallest absolute Gasteiger partial charge is 0.311 e. The highest BCUT2D eigenvalue weighted by Crippen LogP contribution is 2.53. The first-order valence-electron chi connectivity index (χ1n) is 8.26. The van der Waals surface area contributed by atoms with Crippen LogP contribution in [0.2, 0.25) is 0 Å². The van der Waals surface area contributed by atoms with Crippen LogP contribution in [0.4, 0.5) is 5.69 Å². The normalized spacial score (nSPS) is 19.8. The number of aromatic nitrogens is 2. The lowest BCUT2D eigenvalue weighted by molar-refractivity contribution is -0.142. The van der Waals surface area contributed by atoms with Gasteiger partial charge in [0, 0.05) is 11.3 Å². The van der Waals surface area contributed by atoms with Gasteiger partial charge < -0.3 is 20.5 Å². The van der Waals surface area contributed by atoms with E-state index < -0.39 is 17.3 Å². The largest absolute Gasteiger partial charge is 0.466 e. The van der Waals surface area contributed by atoms with E-state index in [1.807, 2.05) is 6.07 Å². The number of rotatable bonds is 3. The molecule has 1 amide bonds. The molecule has 0 saturated heterocycles. The highest BCUT2D eigenvalue weighted by Gasteiger charge is 2.58. The SMILES string of the molecule is CCOC(=O)Cc1[nH]nc2c1C1(C(=O)Nc3ccccc31)C(C#N)=C(N)O2. The molecule has 4 N–H and O–H groups in total. The van der Waals surface area contributed by atoms with Crippen molar-refractivity contribution in [1.29, 1.82) is 5.26 Å². The van der Waals surface area contributed by atoms with Crippen molar-refractivity contribution in [3.05, 3.63) is 52.5 Å². The highest BCUT2D eigenvalue weighted by molar-refractivity contribution is 6.12. The lowest BCUT2D eigenvalue weighted by atomic mass is 9.69. The van der Waals surface area contributed by atoms with Crippen LogP contribution in [-0.4, -0.2) is 28.7 Å². The van der Waals surface area contributed by atoms with E-state index >= 15 is 0 Å². The Morgan fingerprint density at radius 1 is 1.44 bits per heavy atom. The van der Waals surface area contributed by atoms with Crippen LogP contribution in [0.5, 0.6) is 5.88 Å². The van der Waals surface area contributed by atoms with Crippen LogP contribution in [0.25, 0.3) is 0 Å². The third kappa shape index (κ3) is 2.13. The Morgan fingerprint density at radius 3 is 2.96 bits per heavy atom. The lowest BCUT2D eigenvalue weighted by Crippen LogP contribution is -2.43. The topological polar surface area (TPSA) is 143 Å². The molecular formula is C18H15N5O4. The monoisotopic (exact) mass is 365 g/mol. The number of para-hydroxylation sites is 1. The summed E-state index contributed by atoms with van der Waals surface area (Å²) < 4.78 is 10.5.